The molecule has 0 spiro atoms. The number of hydrogen-bond donors (Lipinski definition) is 2. The molecule has 0 saturated heterocycles. The van der Waals surface area contributed by atoms with Crippen molar-refractivity contribution in [3.05, 3.63) is 10.6 Å². The number of carbonyl (C=O) groups is 1. The Bertz CT molecular complexity index is 454. The maximum atomic E-state index is 12.5. The first kappa shape index (κ1) is 14.9. The minimum atomic E-state index is -4.81. The lowest BCUT2D eigenvalue weighted by molar-refractivity contribution is -0.184. The Morgan fingerprint density at radius 3 is 2.44 bits per heavy atom. The van der Waals surface area contributed by atoms with Crippen molar-refractivity contribution in [2.45, 2.75) is 38.9 Å². The molecule has 1 unspecified atom stereocenters. The van der Waals surface area contributed by atoms with Gasteiger partial charge in [-0.25, -0.2) is 4.98 Å². The van der Waals surface area contributed by atoms with Crippen LogP contribution in [0.1, 0.15) is 24.4 Å². The molecular weight excluding hydrogens is 267 g/mol. The van der Waals surface area contributed by atoms with E-state index >= 15 is 0 Å². The first-order valence-electron chi connectivity index (χ1n) is 5.23. The van der Waals surface area contributed by atoms with Gasteiger partial charge in [0.05, 0.1) is 5.69 Å². The fraction of sp³-hybridized carbons (Fsp3) is 0.600. The van der Waals surface area contributed by atoms with Crippen LogP contribution in [0.25, 0.3) is 0 Å². The second-order valence-electron chi connectivity index (χ2n) is 4.03. The molecule has 0 aliphatic carbocycles. The van der Waals surface area contributed by atoms with Crippen molar-refractivity contribution in [3.8, 4) is 0 Å². The standard InChI is InChI=1S/C10H14F3N3OS/c1-4-6-5(2)18-8(15-6)16-7(17)9(3,14)10(11,12)13/h4,14H2,1-3H3,(H,15,16,17). The predicted octanol–water partition coefficient (Wildman–Crippen LogP) is 2.23. The van der Waals surface area contributed by atoms with Crippen LogP contribution >= 0.6 is 11.3 Å². The highest BCUT2D eigenvalue weighted by atomic mass is 32.1. The van der Waals surface area contributed by atoms with Gasteiger partial charge in [-0.1, -0.05) is 6.92 Å². The molecule has 1 amide bonds. The van der Waals surface area contributed by atoms with Gasteiger partial charge >= 0.3 is 6.18 Å². The van der Waals surface area contributed by atoms with Crippen molar-refractivity contribution in [1.29, 1.82) is 0 Å². The Morgan fingerprint density at radius 2 is 2.06 bits per heavy atom. The lowest BCUT2D eigenvalue weighted by atomic mass is 10.0. The number of nitrogens with one attached hydrogen (secondary N) is 1. The molecule has 1 atom stereocenters. The van der Waals surface area contributed by atoms with Gasteiger partial charge in [-0.2, -0.15) is 13.2 Å². The third kappa shape index (κ3) is 2.81. The van der Waals surface area contributed by atoms with Crippen molar-refractivity contribution in [2.24, 2.45) is 5.73 Å². The van der Waals surface area contributed by atoms with E-state index in [-0.39, 0.29) is 5.13 Å². The second kappa shape index (κ2) is 4.85. The third-order valence-electron chi connectivity index (χ3n) is 2.51. The van der Waals surface area contributed by atoms with Gasteiger partial charge in [0, 0.05) is 4.88 Å². The number of nitrogens with two attached hydrogens (primary N) is 1. The second-order valence-corrected chi connectivity index (χ2v) is 5.23. The SMILES string of the molecule is CCc1nc(NC(=O)C(C)(N)C(F)(F)F)sc1C. The van der Waals surface area contributed by atoms with Crippen LogP contribution in [0.5, 0.6) is 0 Å². The third-order valence-corrected chi connectivity index (χ3v) is 3.44. The molecule has 0 aliphatic rings. The van der Waals surface area contributed by atoms with Crippen LogP contribution in [0.3, 0.4) is 0 Å². The summed E-state index contributed by atoms with van der Waals surface area (Å²) in [6, 6.07) is 0. The Kier molecular flexibility index (Phi) is 4.02. The first-order valence-corrected chi connectivity index (χ1v) is 6.04. The van der Waals surface area contributed by atoms with Crippen LogP contribution in [0.4, 0.5) is 18.3 Å². The Labute approximate surface area is 106 Å². The first-order chi connectivity index (χ1) is 8.09. The van der Waals surface area contributed by atoms with Crippen LogP contribution in [0.2, 0.25) is 0 Å². The van der Waals surface area contributed by atoms with Crippen LogP contribution in [-0.2, 0) is 11.2 Å². The molecule has 8 heteroatoms. The smallest absolute Gasteiger partial charge is 0.310 e. The summed E-state index contributed by atoms with van der Waals surface area (Å²) in [5.41, 5.74) is 2.82. The molecule has 1 aromatic rings. The lowest BCUT2D eigenvalue weighted by Gasteiger charge is -2.25. The van der Waals surface area contributed by atoms with Gasteiger partial charge in [0.15, 0.2) is 10.7 Å². The van der Waals surface area contributed by atoms with Gasteiger partial charge in [-0.05, 0) is 20.3 Å². The lowest BCUT2D eigenvalue weighted by Crippen LogP contribution is -2.59. The van der Waals surface area contributed by atoms with Crippen LogP contribution in [0.15, 0.2) is 0 Å². The minimum Gasteiger partial charge on any atom is -0.310 e. The molecule has 4 nitrogen and oxygen atoms in total. The summed E-state index contributed by atoms with van der Waals surface area (Å²) in [7, 11) is 0. The van der Waals surface area contributed by atoms with Crippen molar-refractivity contribution >= 4 is 22.4 Å². The number of carbonyl (C=O) groups excluding carboxylic acids is 1. The number of thiazole rings is 1. The maximum Gasteiger partial charge on any atom is 0.415 e. The molecule has 0 radical (unpaired) electrons. The Balaban J connectivity index is 2.88. The normalized spacial score (nSPS) is 15.3. The van der Waals surface area contributed by atoms with E-state index in [2.05, 4.69) is 10.3 Å². The van der Waals surface area contributed by atoms with E-state index in [1.165, 1.54) is 0 Å². The van der Waals surface area contributed by atoms with Crippen molar-refractivity contribution < 1.29 is 18.0 Å². The quantitative estimate of drug-likeness (QED) is 0.892. The van der Waals surface area contributed by atoms with E-state index in [0.717, 1.165) is 21.9 Å². The number of halogens is 3. The van der Waals surface area contributed by atoms with Gasteiger partial charge in [0.2, 0.25) is 0 Å². The van der Waals surface area contributed by atoms with Gasteiger partial charge in [-0.15, -0.1) is 11.3 Å². The van der Waals surface area contributed by atoms with Gasteiger partial charge in [0.25, 0.3) is 5.91 Å². The largest absolute Gasteiger partial charge is 0.415 e. The number of anilines is 1. The highest BCUT2D eigenvalue weighted by Crippen LogP contribution is 2.30. The fourth-order valence-electron chi connectivity index (χ4n) is 1.17. The number of amides is 1. The predicted molar refractivity (Wildman–Crippen MR) is 63.5 cm³/mol. The van der Waals surface area contributed by atoms with E-state index in [9.17, 15) is 18.0 Å². The number of aromatic nitrogens is 1. The molecule has 3 N–H and O–H groups in total. The number of aryl methyl sites for hydroxylation is 2. The topological polar surface area (TPSA) is 68.0 Å². The number of hydrogen-bond acceptors (Lipinski definition) is 4. The molecule has 0 fully saturated rings. The molecule has 0 aromatic carbocycles. The zero-order valence-corrected chi connectivity index (χ0v) is 11.0. The van der Waals surface area contributed by atoms with Gasteiger partial charge in [-0.3, -0.25) is 4.79 Å². The minimum absolute atomic E-state index is 0.135. The van der Waals surface area contributed by atoms with Crippen molar-refractivity contribution in [2.75, 3.05) is 5.32 Å². The van der Waals surface area contributed by atoms with E-state index in [1.54, 1.807) is 6.92 Å². The number of rotatable bonds is 3. The summed E-state index contributed by atoms with van der Waals surface area (Å²) >= 11 is 1.13. The molecule has 1 rings (SSSR count). The zero-order valence-electron chi connectivity index (χ0n) is 10.2. The van der Waals surface area contributed by atoms with E-state index in [1.807, 2.05) is 6.92 Å². The number of nitrogens with zero attached hydrogens (tertiary/aromatic N) is 1. The number of alkyl halides is 3. The summed E-state index contributed by atoms with van der Waals surface area (Å²) in [5, 5.41) is 2.24. The molecule has 102 valence electrons. The van der Waals surface area contributed by atoms with E-state index in [0.29, 0.717) is 13.3 Å². The maximum absolute atomic E-state index is 12.5. The van der Waals surface area contributed by atoms with Gasteiger partial charge in [0.1, 0.15) is 0 Å². The molecular formula is C10H14F3N3OS. The Hall–Kier alpha value is -1.15. The van der Waals surface area contributed by atoms with Crippen LogP contribution in [0, 0.1) is 6.92 Å². The summed E-state index contributed by atoms with van der Waals surface area (Å²) in [5.74, 6) is -1.31. The van der Waals surface area contributed by atoms with Crippen molar-refractivity contribution in [1.82, 2.24) is 4.98 Å². The average molecular weight is 281 g/mol. The zero-order chi connectivity index (χ0) is 14.1. The summed E-state index contributed by atoms with van der Waals surface area (Å²) in [6.07, 6.45) is -4.16. The molecule has 0 aliphatic heterocycles. The molecule has 1 aromatic heterocycles. The Morgan fingerprint density at radius 1 is 1.50 bits per heavy atom. The average Bonchev–Trinajstić information content (AvgIpc) is 2.56. The highest BCUT2D eigenvalue weighted by Gasteiger charge is 2.54. The molecule has 18 heavy (non-hydrogen) atoms. The van der Waals surface area contributed by atoms with E-state index < -0.39 is 17.6 Å². The fourth-order valence-corrected chi connectivity index (χ4v) is 2.06. The molecule has 0 bridgehead atoms. The summed E-state index contributed by atoms with van der Waals surface area (Å²) in [4.78, 5) is 16.4. The van der Waals surface area contributed by atoms with Gasteiger partial charge < -0.3 is 11.1 Å². The van der Waals surface area contributed by atoms with Crippen LogP contribution in [-0.4, -0.2) is 22.6 Å². The van der Waals surface area contributed by atoms with Crippen LogP contribution < -0.4 is 11.1 Å². The monoisotopic (exact) mass is 281 g/mol. The summed E-state index contributed by atoms with van der Waals surface area (Å²) in [6.45, 7) is 4.29. The van der Waals surface area contributed by atoms with Crippen molar-refractivity contribution in [3.63, 3.8) is 0 Å². The molecule has 0 saturated carbocycles. The summed E-state index contributed by atoms with van der Waals surface area (Å²) < 4.78 is 37.6. The van der Waals surface area contributed by atoms with E-state index in [4.69, 9.17) is 5.73 Å². The highest BCUT2D eigenvalue weighted by molar-refractivity contribution is 7.15. The molecule has 1 heterocycles.